The van der Waals surface area contributed by atoms with Gasteiger partial charge < -0.3 is 0 Å². The number of benzene rings is 1. The third-order valence-corrected chi connectivity index (χ3v) is 2.42. The van der Waals surface area contributed by atoms with Crippen molar-refractivity contribution in [1.82, 2.24) is 4.98 Å². The van der Waals surface area contributed by atoms with E-state index in [2.05, 4.69) is 4.98 Å². The molecule has 0 bridgehead atoms. The molecule has 0 unspecified atom stereocenters. The molecule has 1 nitrogen and oxygen atoms in total. The molecule has 2 aromatic rings. The zero-order chi connectivity index (χ0) is 9.26. The lowest BCUT2D eigenvalue weighted by molar-refractivity contribution is 0.629. The van der Waals surface area contributed by atoms with Crippen LogP contribution in [0, 0.1) is 12.7 Å². The van der Waals surface area contributed by atoms with E-state index in [0.29, 0.717) is 11.3 Å². The van der Waals surface area contributed by atoms with Gasteiger partial charge in [-0.25, -0.2) is 9.37 Å². The number of thiazole rings is 1. The molecule has 0 atom stereocenters. The van der Waals surface area contributed by atoms with E-state index >= 15 is 0 Å². The van der Waals surface area contributed by atoms with Crippen LogP contribution in [0.25, 0.3) is 11.3 Å². The molecule has 1 aromatic carbocycles. The Labute approximate surface area is 79.9 Å². The molecule has 0 aliphatic heterocycles. The molecule has 0 N–H and O–H groups in total. The summed E-state index contributed by atoms with van der Waals surface area (Å²) >= 11 is 1.47. The average Bonchev–Trinajstić information content (AvgIpc) is 2.56. The van der Waals surface area contributed by atoms with E-state index in [1.165, 1.54) is 17.4 Å². The Hall–Kier alpha value is -1.22. The summed E-state index contributed by atoms with van der Waals surface area (Å²) in [5.74, 6) is -0.203. The smallest absolute Gasteiger partial charge is 0.132 e. The van der Waals surface area contributed by atoms with Crippen LogP contribution < -0.4 is 0 Å². The maximum Gasteiger partial charge on any atom is 0.132 e. The first-order valence-electron chi connectivity index (χ1n) is 3.92. The van der Waals surface area contributed by atoms with Crippen LogP contribution in [0.3, 0.4) is 0 Å². The van der Waals surface area contributed by atoms with Gasteiger partial charge in [-0.05, 0) is 24.6 Å². The van der Waals surface area contributed by atoms with Gasteiger partial charge in [-0.15, -0.1) is 11.3 Å². The predicted molar refractivity (Wildman–Crippen MR) is 52.2 cm³/mol. The van der Waals surface area contributed by atoms with Gasteiger partial charge in [0.25, 0.3) is 0 Å². The predicted octanol–water partition coefficient (Wildman–Crippen LogP) is 3.26. The largest absolute Gasteiger partial charge is 0.245 e. The van der Waals surface area contributed by atoms with Gasteiger partial charge in [-0.2, -0.15) is 0 Å². The number of nitrogens with zero attached hydrogens (tertiary/aromatic N) is 1. The molecule has 0 aliphatic carbocycles. The Morgan fingerprint density at radius 3 is 2.85 bits per heavy atom. The van der Waals surface area contributed by atoms with Crippen LogP contribution in [0.1, 0.15) is 5.56 Å². The molecule has 0 aliphatic rings. The van der Waals surface area contributed by atoms with Gasteiger partial charge in [0.2, 0.25) is 0 Å². The van der Waals surface area contributed by atoms with E-state index in [4.69, 9.17) is 0 Å². The van der Waals surface area contributed by atoms with Crippen LogP contribution in [0.5, 0.6) is 0 Å². The first-order chi connectivity index (χ1) is 6.27. The molecule has 66 valence electrons. The van der Waals surface area contributed by atoms with E-state index in [-0.39, 0.29) is 5.82 Å². The summed E-state index contributed by atoms with van der Waals surface area (Å²) < 4.78 is 13.4. The number of rotatable bonds is 1. The molecule has 0 amide bonds. The van der Waals surface area contributed by atoms with Gasteiger partial charge in [0.1, 0.15) is 5.82 Å². The van der Waals surface area contributed by atoms with Gasteiger partial charge in [-0.1, -0.05) is 6.07 Å². The number of hydrogen-bond donors (Lipinski definition) is 0. The minimum Gasteiger partial charge on any atom is -0.245 e. The van der Waals surface area contributed by atoms with E-state index in [9.17, 15) is 4.39 Å². The van der Waals surface area contributed by atoms with Crippen molar-refractivity contribution in [2.75, 3.05) is 0 Å². The second-order valence-corrected chi connectivity index (χ2v) is 3.58. The minimum atomic E-state index is -0.203. The molecular weight excluding hydrogens is 185 g/mol. The zero-order valence-electron chi connectivity index (χ0n) is 7.12. The Balaban J connectivity index is 2.53. The molecule has 0 spiro atoms. The third kappa shape index (κ3) is 1.60. The quantitative estimate of drug-likeness (QED) is 0.677. The summed E-state index contributed by atoms with van der Waals surface area (Å²) in [6, 6.07) is 5.17. The van der Waals surface area contributed by atoms with Crippen molar-refractivity contribution in [3.63, 3.8) is 0 Å². The SMILES string of the molecule is Cc1ccc(-c2cscn2)c(F)c1. The molecular formula is C10H8FNS. The van der Waals surface area contributed by atoms with Crippen molar-refractivity contribution in [2.45, 2.75) is 6.92 Å². The fraction of sp³-hybridized carbons (Fsp3) is 0.100. The Morgan fingerprint density at radius 1 is 1.38 bits per heavy atom. The molecule has 0 saturated carbocycles. The minimum absolute atomic E-state index is 0.203. The summed E-state index contributed by atoms with van der Waals surface area (Å²) in [5, 5.41) is 1.84. The Bertz CT molecular complexity index is 409. The Morgan fingerprint density at radius 2 is 2.23 bits per heavy atom. The van der Waals surface area contributed by atoms with Crippen LogP contribution in [-0.2, 0) is 0 Å². The lowest BCUT2D eigenvalue weighted by Crippen LogP contribution is -1.84. The maximum atomic E-state index is 13.4. The van der Waals surface area contributed by atoms with Crippen molar-refractivity contribution in [1.29, 1.82) is 0 Å². The number of aromatic nitrogens is 1. The monoisotopic (exact) mass is 193 g/mol. The van der Waals surface area contributed by atoms with Crippen molar-refractivity contribution in [3.8, 4) is 11.3 Å². The van der Waals surface area contributed by atoms with Crippen LogP contribution in [0.4, 0.5) is 4.39 Å². The van der Waals surface area contributed by atoms with Gasteiger partial charge in [0, 0.05) is 10.9 Å². The normalized spacial score (nSPS) is 10.3. The van der Waals surface area contributed by atoms with Crippen molar-refractivity contribution >= 4 is 11.3 Å². The highest BCUT2D eigenvalue weighted by atomic mass is 32.1. The van der Waals surface area contributed by atoms with Crippen molar-refractivity contribution in [3.05, 3.63) is 40.5 Å². The standard InChI is InChI=1S/C10H8FNS/c1-7-2-3-8(9(11)4-7)10-5-13-6-12-10/h2-6H,1H3. The fourth-order valence-corrected chi connectivity index (χ4v) is 1.73. The average molecular weight is 193 g/mol. The van der Waals surface area contributed by atoms with Gasteiger partial charge in [0.05, 0.1) is 11.2 Å². The lowest BCUT2D eigenvalue weighted by atomic mass is 10.1. The first-order valence-corrected chi connectivity index (χ1v) is 4.86. The number of halogens is 1. The van der Waals surface area contributed by atoms with Gasteiger partial charge in [0.15, 0.2) is 0 Å². The summed E-state index contributed by atoms with van der Waals surface area (Å²) in [6.45, 7) is 1.87. The summed E-state index contributed by atoms with van der Waals surface area (Å²) in [5.41, 5.74) is 3.92. The summed E-state index contributed by atoms with van der Waals surface area (Å²) in [7, 11) is 0. The van der Waals surface area contributed by atoms with E-state index in [0.717, 1.165) is 5.56 Å². The highest BCUT2D eigenvalue weighted by Gasteiger charge is 2.05. The molecule has 13 heavy (non-hydrogen) atoms. The Kier molecular flexibility index (Phi) is 2.10. The second-order valence-electron chi connectivity index (χ2n) is 2.86. The molecule has 0 saturated heterocycles. The zero-order valence-corrected chi connectivity index (χ0v) is 7.94. The molecule has 1 aromatic heterocycles. The molecule has 2 rings (SSSR count). The highest BCUT2D eigenvalue weighted by Crippen LogP contribution is 2.22. The van der Waals surface area contributed by atoms with Crippen LogP contribution in [0.15, 0.2) is 29.1 Å². The topological polar surface area (TPSA) is 12.9 Å². The summed E-state index contributed by atoms with van der Waals surface area (Å²) in [6.07, 6.45) is 0. The highest BCUT2D eigenvalue weighted by molar-refractivity contribution is 7.07. The summed E-state index contributed by atoms with van der Waals surface area (Å²) in [4.78, 5) is 4.06. The lowest BCUT2D eigenvalue weighted by Gasteiger charge is -1.99. The van der Waals surface area contributed by atoms with E-state index < -0.39 is 0 Å². The number of hydrogen-bond acceptors (Lipinski definition) is 2. The number of aryl methyl sites for hydroxylation is 1. The van der Waals surface area contributed by atoms with Crippen molar-refractivity contribution < 1.29 is 4.39 Å². The van der Waals surface area contributed by atoms with Gasteiger partial charge in [-0.3, -0.25) is 0 Å². The van der Waals surface area contributed by atoms with Crippen LogP contribution in [0.2, 0.25) is 0 Å². The first kappa shape index (κ1) is 8.38. The fourth-order valence-electron chi connectivity index (χ4n) is 1.17. The second kappa shape index (κ2) is 3.26. The third-order valence-electron chi connectivity index (χ3n) is 1.83. The molecule has 0 radical (unpaired) electrons. The van der Waals surface area contributed by atoms with E-state index in [1.54, 1.807) is 11.6 Å². The van der Waals surface area contributed by atoms with Gasteiger partial charge >= 0.3 is 0 Å². The van der Waals surface area contributed by atoms with Crippen LogP contribution >= 0.6 is 11.3 Å². The van der Waals surface area contributed by atoms with Crippen molar-refractivity contribution in [2.24, 2.45) is 0 Å². The maximum absolute atomic E-state index is 13.4. The van der Waals surface area contributed by atoms with E-state index in [1.807, 2.05) is 18.4 Å². The molecule has 1 heterocycles. The molecule has 0 fully saturated rings. The van der Waals surface area contributed by atoms with Crippen LogP contribution in [-0.4, -0.2) is 4.98 Å². The molecule has 3 heteroatoms.